The van der Waals surface area contributed by atoms with Crippen LogP contribution in [0.4, 0.5) is 4.39 Å². The number of carbonyl (C=O) groups excluding carboxylic acids is 1. The number of carbonyl (C=O) groups is 1. The van der Waals surface area contributed by atoms with E-state index in [-0.39, 0.29) is 11.6 Å². The minimum absolute atomic E-state index is 0.150. The summed E-state index contributed by atoms with van der Waals surface area (Å²) in [6.07, 6.45) is 0. The number of pyridine rings is 1. The summed E-state index contributed by atoms with van der Waals surface area (Å²) in [5, 5.41) is 0. The molecule has 5 heteroatoms. The van der Waals surface area contributed by atoms with Crippen molar-refractivity contribution < 1.29 is 13.9 Å². The van der Waals surface area contributed by atoms with E-state index < -0.39 is 5.95 Å². The van der Waals surface area contributed by atoms with Gasteiger partial charge >= 0.3 is 0 Å². The van der Waals surface area contributed by atoms with E-state index in [0.717, 1.165) is 0 Å². The molecule has 0 radical (unpaired) electrons. The average molecular weight is 210 g/mol. The molecule has 0 N–H and O–H groups in total. The highest BCUT2D eigenvalue weighted by Crippen LogP contribution is 2.05. The lowest BCUT2D eigenvalue weighted by atomic mass is 10.3. The standard InChI is InChI=1S/C10H11FN2O2/c11-9-3-1-2-8(12-9)10(14)13-4-6-15-7-5-13/h1-3H,4-7H2. The van der Waals surface area contributed by atoms with Crippen molar-refractivity contribution in [2.45, 2.75) is 0 Å². The summed E-state index contributed by atoms with van der Waals surface area (Å²) < 4.78 is 17.9. The molecule has 0 bridgehead atoms. The Balaban J connectivity index is 2.12. The lowest BCUT2D eigenvalue weighted by Crippen LogP contribution is -2.41. The maximum Gasteiger partial charge on any atom is 0.272 e. The number of morpholine rings is 1. The van der Waals surface area contributed by atoms with Gasteiger partial charge in [0.2, 0.25) is 5.95 Å². The van der Waals surface area contributed by atoms with Crippen LogP contribution in [0.2, 0.25) is 0 Å². The normalized spacial score (nSPS) is 16.5. The number of rotatable bonds is 1. The first-order valence-electron chi connectivity index (χ1n) is 4.77. The van der Waals surface area contributed by atoms with Crippen molar-refractivity contribution in [1.82, 2.24) is 9.88 Å². The third-order valence-corrected chi connectivity index (χ3v) is 2.23. The second-order valence-electron chi connectivity index (χ2n) is 3.25. The topological polar surface area (TPSA) is 42.4 Å². The molecule has 4 nitrogen and oxygen atoms in total. The van der Waals surface area contributed by atoms with Crippen molar-refractivity contribution in [3.05, 3.63) is 29.8 Å². The van der Waals surface area contributed by atoms with Crippen LogP contribution in [0.15, 0.2) is 18.2 Å². The van der Waals surface area contributed by atoms with Crippen molar-refractivity contribution in [1.29, 1.82) is 0 Å². The molecule has 1 aromatic heterocycles. The molecular weight excluding hydrogens is 199 g/mol. The quantitative estimate of drug-likeness (QED) is 0.640. The van der Waals surface area contributed by atoms with Crippen molar-refractivity contribution >= 4 is 5.91 Å². The van der Waals surface area contributed by atoms with Crippen molar-refractivity contribution in [2.24, 2.45) is 0 Å². The first-order valence-corrected chi connectivity index (χ1v) is 4.77. The van der Waals surface area contributed by atoms with Crippen LogP contribution < -0.4 is 0 Å². The van der Waals surface area contributed by atoms with Gasteiger partial charge in [-0.3, -0.25) is 4.79 Å². The first-order chi connectivity index (χ1) is 7.27. The molecule has 15 heavy (non-hydrogen) atoms. The molecule has 1 aliphatic heterocycles. The molecule has 0 unspecified atom stereocenters. The van der Waals surface area contributed by atoms with Crippen molar-refractivity contribution in [3.8, 4) is 0 Å². The second-order valence-corrected chi connectivity index (χ2v) is 3.25. The third kappa shape index (κ3) is 2.30. The Labute approximate surface area is 86.7 Å². The number of hydrogen-bond acceptors (Lipinski definition) is 3. The molecule has 0 aliphatic carbocycles. The number of aromatic nitrogens is 1. The van der Waals surface area contributed by atoms with Gasteiger partial charge in [-0.25, -0.2) is 4.98 Å². The summed E-state index contributed by atoms with van der Waals surface area (Å²) >= 11 is 0. The third-order valence-electron chi connectivity index (χ3n) is 2.23. The summed E-state index contributed by atoms with van der Waals surface area (Å²) in [5.41, 5.74) is 0.150. The van der Waals surface area contributed by atoms with Crippen LogP contribution in [0, 0.1) is 5.95 Å². The van der Waals surface area contributed by atoms with E-state index in [1.165, 1.54) is 18.2 Å². The van der Waals surface area contributed by atoms with E-state index in [0.29, 0.717) is 26.3 Å². The number of halogens is 1. The highest BCUT2D eigenvalue weighted by molar-refractivity contribution is 5.92. The van der Waals surface area contributed by atoms with Crippen LogP contribution in [-0.4, -0.2) is 42.1 Å². The van der Waals surface area contributed by atoms with Gasteiger partial charge in [0.15, 0.2) is 0 Å². The SMILES string of the molecule is O=C(c1cccc(F)n1)N1CCOCC1. The van der Waals surface area contributed by atoms with Crippen LogP contribution in [0.3, 0.4) is 0 Å². The van der Waals surface area contributed by atoms with E-state index in [9.17, 15) is 9.18 Å². The predicted octanol–water partition coefficient (Wildman–Crippen LogP) is 0.693. The molecule has 80 valence electrons. The Morgan fingerprint density at radius 3 is 2.80 bits per heavy atom. The molecule has 0 aromatic carbocycles. The van der Waals surface area contributed by atoms with Gasteiger partial charge in [-0.15, -0.1) is 0 Å². The van der Waals surface area contributed by atoms with Gasteiger partial charge in [-0.2, -0.15) is 4.39 Å². The molecule has 0 saturated carbocycles. The number of hydrogen-bond donors (Lipinski definition) is 0. The molecule has 0 spiro atoms. The van der Waals surface area contributed by atoms with Crippen LogP contribution in [0.5, 0.6) is 0 Å². The molecule has 1 amide bonds. The van der Waals surface area contributed by atoms with Crippen LogP contribution >= 0.6 is 0 Å². The largest absolute Gasteiger partial charge is 0.378 e. The molecular formula is C10H11FN2O2. The van der Waals surface area contributed by atoms with E-state index in [1.807, 2.05) is 0 Å². The van der Waals surface area contributed by atoms with E-state index in [1.54, 1.807) is 4.90 Å². The zero-order valence-electron chi connectivity index (χ0n) is 8.15. The first kappa shape index (κ1) is 10.0. The van der Waals surface area contributed by atoms with Crippen LogP contribution in [0.1, 0.15) is 10.5 Å². The van der Waals surface area contributed by atoms with E-state index in [2.05, 4.69) is 4.98 Å². The lowest BCUT2D eigenvalue weighted by molar-refractivity contribution is 0.0298. The highest BCUT2D eigenvalue weighted by atomic mass is 19.1. The van der Waals surface area contributed by atoms with Crippen LogP contribution in [-0.2, 0) is 4.74 Å². The maximum atomic E-state index is 12.8. The van der Waals surface area contributed by atoms with Crippen molar-refractivity contribution in [3.63, 3.8) is 0 Å². The molecule has 1 saturated heterocycles. The number of ether oxygens (including phenoxy) is 1. The number of nitrogens with zero attached hydrogens (tertiary/aromatic N) is 2. The second kappa shape index (κ2) is 4.35. The smallest absolute Gasteiger partial charge is 0.272 e. The lowest BCUT2D eigenvalue weighted by Gasteiger charge is -2.26. The summed E-state index contributed by atoms with van der Waals surface area (Å²) in [5.74, 6) is -0.869. The Morgan fingerprint density at radius 1 is 1.40 bits per heavy atom. The Hall–Kier alpha value is -1.49. The van der Waals surface area contributed by atoms with Crippen molar-refractivity contribution in [2.75, 3.05) is 26.3 Å². The van der Waals surface area contributed by atoms with Gasteiger partial charge in [0.1, 0.15) is 5.69 Å². The molecule has 1 fully saturated rings. The van der Waals surface area contributed by atoms with E-state index >= 15 is 0 Å². The molecule has 2 rings (SSSR count). The van der Waals surface area contributed by atoms with Gasteiger partial charge in [0, 0.05) is 13.1 Å². The summed E-state index contributed by atoms with van der Waals surface area (Å²) in [6, 6.07) is 4.22. The fourth-order valence-corrected chi connectivity index (χ4v) is 1.46. The fraction of sp³-hybridized carbons (Fsp3) is 0.400. The fourth-order valence-electron chi connectivity index (χ4n) is 1.46. The Kier molecular flexibility index (Phi) is 2.91. The monoisotopic (exact) mass is 210 g/mol. The zero-order chi connectivity index (χ0) is 10.7. The number of amides is 1. The predicted molar refractivity (Wildman–Crippen MR) is 50.9 cm³/mol. The minimum atomic E-state index is -0.630. The molecule has 0 atom stereocenters. The molecule has 2 heterocycles. The minimum Gasteiger partial charge on any atom is -0.378 e. The van der Waals surface area contributed by atoms with Gasteiger partial charge < -0.3 is 9.64 Å². The molecule has 1 aromatic rings. The average Bonchev–Trinajstić information content (AvgIpc) is 2.29. The van der Waals surface area contributed by atoms with Gasteiger partial charge in [-0.1, -0.05) is 6.07 Å². The van der Waals surface area contributed by atoms with Gasteiger partial charge in [0.05, 0.1) is 13.2 Å². The van der Waals surface area contributed by atoms with Gasteiger partial charge in [-0.05, 0) is 12.1 Å². The highest BCUT2D eigenvalue weighted by Gasteiger charge is 2.19. The summed E-state index contributed by atoms with van der Waals surface area (Å²) in [4.78, 5) is 17.0. The Bertz CT molecular complexity index is 364. The van der Waals surface area contributed by atoms with Crippen LogP contribution in [0.25, 0.3) is 0 Å². The summed E-state index contributed by atoms with van der Waals surface area (Å²) in [6.45, 7) is 2.14. The van der Waals surface area contributed by atoms with Gasteiger partial charge in [0.25, 0.3) is 5.91 Å². The summed E-state index contributed by atoms with van der Waals surface area (Å²) in [7, 11) is 0. The Morgan fingerprint density at radius 2 is 2.13 bits per heavy atom. The van der Waals surface area contributed by atoms with E-state index in [4.69, 9.17) is 4.74 Å². The maximum absolute atomic E-state index is 12.8. The molecule has 1 aliphatic rings. The zero-order valence-corrected chi connectivity index (χ0v) is 8.15.